The molecule has 156 valence electrons. The van der Waals surface area contributed by atoms with Crippen LogP contribution in [0, 0.1) is 16.0 Å². The molecule has 1 aromatic carbocycles. The zero-order chi connectivity index (χ0) is 21.1. The summed E-state index contributed by atoms with van der Waals surface area (Å²) in [6, 6.07) is 13.1. The molecule has 30 heavy (non-hydrogen) atoms. The molecular formula is C22H25N5O3. The maximum atomic E-state index is 12.6. The van der Waals surface area contributed by atoms with Gasteiger partial charge in [0.25, 0.3) is 0 Å². The van der Waals surface area contributed by atoms with Crippen molar-refractivity contribution in [3.63, 3.8) is 0 Å². The van der Waals surface area contributed by atoms with Crippen molar-refractivity contribution in [2.75, 3.05) is 18.4 Å². The van der Waals surface area contributed by atoms with Gasteiger partial charge in [-0.05, 0) is 48.6 Å². The number of aromatic nitrogens is 2. The number of hydrogen-bond acceptors (Lipinski definition) is 6. The number of benzene rings is 1. The van der Waals surface area contributed by atoms with E-state index in [-0.39, 0.29) is 5.82 Å². The molecule has 2 aromatic heterocycles. The Kier molecular flexibility index (Phi) is 5.76. The maximum absolute atomic E-state index is 12.6. The molecule has 1 aliphatic rings. The fourth-order valence-electron chi connectivity index (χ4n) is 4.10. The lowest BCUT2D eigenvalue weighted by molar-refractivity contribution is -0.385. The Bertz CT molecular complexity index is 1130. The predicted molar refractivity (Wildman–Crippen MR) is 116 cm³/mol. The third-order valence-electron chi connectivity index (χ3n) is 5.59. The van der Waals surface area contributed by atoms with Crippen molar-refractivity contribution in [3.8, 4) is 0 Å². The van der Waals surface area contributed by atoms with Crippen molar-refractivity contribution in [2.45, 2.75) is 32.9 Å². The second-order valence-corrected chi connectivity index (χ2v) is 7.90. The minimum Gasteiger partial charge on any atom is -0.360 e. The van der Waals surface area contributed by atoms with E-state index in [2.05, 4.69) is 28.2 Å². The average Bonchev–Trinajstić information content (AvgIpc) is 2.73. The van der Waals surface area contributed by atoms with Crippen LogP contribution in [-0.2, 0) is 13.1 Å². The quantitative estimate of drug-likeness (QED) is 0.497. The Morgan fingerprint density at radius 3 is 2.73 bits per heavy atom. The highest BCUT2D eigenvalue weighted by atomic mass is 16.6. The van der Waals surface area contributed by atoms with E-state index in [4.69, 9.17) is 0 Å². The first-order valence-electron chi connectivity index (χ1n) is 10.2. The first-order valence-corrected chi connectivity index (χ1v) is 10.2. The molecule has 0 aliphatic carbocycles. The zero-order valence-electron chi connectivity index (χ0n) is 17.0. The number of hydrogen-bond donors (Lipinski definition) is 1. The van der Waals surface area contributed by atoms with Gasteiger partial charge in [0.05, 0.1) is 4.92 Å². The number of anilines is 1. The van der Waals surface area contributed by atoms with Crippen LogP contribution >= 0.6 is 0 Å². The van der Waals surface area contributed by atoms with Crippen LogP contribution in [0.5, 0.6) is 0 Å². The van der Waals surface area contributed by atoms with E-state index in [0.717, 1.165) is 25.2 Å². The highest BCUT2D eigenvalue weighted by molar-refractivity contribution is 5.60. The molecule has 0 radical (unpaired) electrons. The fraction of sp³-hybridized carbons (Fsp3) is 0.364. The van der Waals surface area contributed by atoms with Gasteiger partial charge in [0.1, 0.15) is 5.65 Å². The summed E-state index contributed by atoms with van der Waals surface area (Å²) in [5, 5.41) is 14.6. The molecule has 0 amide bonds. The van der Waals surface area contributed by atoms with Gasteiger partial charge in [-0.1, -0.05) is 37.3 Å². The van der Waals surface area contributed by atoms with E-state index >= 15 is 0 Å². The lowest BCUT2D eigenvalue weighted by Gasteiger charge is -2.31. The van der Waals surface area contributed by atoms with Crippen LogP contribution in [0.3, 0.4) is 0 Å². The summed E-state index contributed by atoms with van der Waals surface area (Å²) in [4.78, 5) is 30.3. The van der Waals surface area contributed by atoms with Gasteiger partial charge in [0.2, 0.25) is 5.82 Å². The number of nitrogens with one attached hydrogen (secondary N) is 1. The first-order chi connectivity index (χ1) is 14.5. The summed E-state index contributed by atoms with van der Waals surface area (Å²) >= 11 is 0. The molecule has 8 heteroatoms. The van der Waals surface area contributed by atoms with E-state index in [0.29, 0.717) is 18.1 Å². The summed E-state index contributed by atoms with van der Waals surface area (Å²) in [6.45, 7) is 5.65. The number of likely N-dealkylation sites (tertiary alicyclic amines) is 1. The van der Waals surface area contributed by atoms with Gasteiger partial charge >= 0.3 is 11.2 Å². The average molecular weight is 407 g/mol. The molecule has 0 saturated carbocycles. The summed E-state index contributed by atoms with van der Waals surface area (Å²) < 4.78 is 1.19. The van der Waals surface area contributed by atoms with Gasteiger partial charge in [-0.25, -0.2) is 4.98 Å². The van der Waals surface area contributed by atoms with Crippen LogP contribution in [0.4, 0.5) is 11.5 Å². The number of nitro groups is 1. The molecule has 3 heterocycles. The van der Waals surface area contributed by atoms with Crippen molar-refractivity contribution in [3.05, 3.63) is 80.3 Å². The van der Waals surface area contributed by atoms with Crippen LogP contribution in [0.1, 0.15) is 30.9 Å². The molecule has 3 aromatic rings. The number of pyridine rings is 1. The molecule has 4 rings (SSSR count). The second-order valence-electron chi connectivity index (χ2n) is 7.90. The number of rotatable bonds is 6. The predicted octanol–water partition coefficient (Wildman–Crippen LogP) is 3.45. The van der Waals surface area contributed by atoms with Crippen LogP contribution in [0.15, 0.2) is 53.5 Å². The van der Waals surface area contributed by atoms with E-state index in [1.54, 1.807) is 18.2 Å². The van der Waals surface area contributed by atoms with E-state index in [1.807, 2.05) is 18.2 Å². The molecule has 1 aliphatic heterocycles. The Balaban J connectivity index is 1.60. The lowest BCUT2D eigenvalue weighted by atomic mass is 9.99. The number of nitrogens with zero attached hydrogens (tertiary/aromatic N) is 4. The third kappa shape index (κ3) is 4.18. The molecule has 1 saturated heterocycles. The number of fused-ring (bicyclic) bond motifs is 1. The van der Waals surface area contributed by atoms with Crippen LogP contribution in [-0.4, -0.2) is 32.3 Å². The Hall–Kier alpha value is -3.26. The maximum Gasteiger partial charge on any atom is 0.376 e. The molecule has 1 N–H and O–H groups in total. The fourth-order valence-corrected chi connectivity index (χ4v) is 4.10. The lowest BCUT2D eigenvalue weighted by Crippen LogP contribution is -2.34. The van der Waals surface area contributed by atoms with Crippen molar-refractivity contribution in [1.82, 2.24) is 14.3 Å². The largest absolute Gasteiger partial charge is 0.376 e. The number of piperidine rings is 1. The molecular weight excluding hydrogens is 382 g/mol. The highest BCUT2D eigenvalue weighted by Gasteiger charge is 2.23. The van der Waals surface area contributed by atoms with Crippen LogP contribution < -0.4 is 10.9 Å². The molecule has 1 atom stereocenters. The topological polar surface area (TPSA) is 92.8 Å². The highest BCUT2D eigenvalue weighted by Crippen LogP contribution is 2.22. The Morgan fingerprint density at radius 2 is 1.97 bits per heavy atom. The van der Waals surface area contributed by atoms with E-state index in [1.165, 1.54) is 29.0 Å². The molecule has 0 bridgehead atoms. The third-order valence-corrected chi connectivity index (χ3v) is 5.59. The Morgan fingerprint density at radius 1 is 1.20 bits per heavy atom. The minimum atomic E-state index is -0.691. The minimum absolute atomic E-state index is 0.00222. The summed E-state index contributed by atoms with van der Waals surface area (Å²) in [5.74, 6) is 0.694. The van der Waals surface area contributed by atoms with Gasteiger partial charge in [-0.2, -0.15) is 0 Å². The van der Waals surface area contributed by atoms with Gasteiger partial charge < -0.3 is 5.32 Å². The summed E-state index contributed by atoms with van der Waals surface area (Å²) in [5.41, 5.74) is 1.36. The SMILES string of the molecule is CC1CCCN(Cc2ccccc2CNc2nc3ccccn3c(=O)c2[N+](=O)[O-])C1. The van der Waals surface area contributed by atoms with Crippen molar-refractivity contribution in [2.24, 2.45) is 5.92 Å². The monoisotopic (exact) mass is 407 g/mol. The molecule has 1 fully saturated rings. The van der Waals surface area contributed by atoms with Gasteiger partial charge in [0, 0.05) is 25.8 Å². The van der Waals surface area contributed by atoms with Gasteiger partial charge in [-0.3, -0.25) is 24.2 Å². The Labute approximate surface area is 174 Å². The second kappa shape index (κ2) is 8.62. The molecule has 0 spiro atoms. The van der Waals surface area contributed by atoms with Crippen molar-refractivity contribution >= 4 is 17.2 Å². The van der Waals surface area contributed by atoms with Crippen LogP contribution in [0.25, 0.3) is 5.65 Å². The molecule has 8 nitrogen and oxygen atoms in total. The standard InChI is InChI=1S/C22H25N5O3/c1-16-7-6-11-25(14-16)15-18-9-3-2-8-17(18)13-23-21-20(27(29)30)22(28)26-12-5-4-10-19(26)24-21/h2-5,8-10,12,16,23H,6-7,11,13-15H2,1H3. The van der Waals surface area contributed by atoms with Gasteiger partial charge in [-0.15, -0.1) is 0 Å². The summed E-state index contributed by atoms with van der Waals surface area (Å²) in [7, 11) is 0. The van der Waals surface area contributed by atoms with Gasteiger partial charge in [0.15, 0.2) is 0 Å². The molecule has 1 unspecified atom stereocenters. The van der Waals surface area contributed by atoms with Crippen molar-refractivity contribution < 1.29 is 4.92 Å². The van der Waals surface area contributed by atoms with Crippen LogP contribution in [0.2, 0.25) is 0 Å². The van der Waals surface area contributed by atoms with E-state index < -0.39 is 16.2 Å². The smallest absolute Gasteiger partial charge is 0.360 e. The zero-order valence-corrected chi connectivity index (χ0v) is 17.0. The van der Waals surface area contributed by atoms with Crippen molar-refractivity contribution in [1.29, 1.82) is 0 Å². The first kappa shape index (κ1) is 20.0. The normalized spacial score (nSPS) is 17.2. The van der Waals surface area contributed by atoms with E-state index in [9.17, 15) is 14.9 Å². The summed E-state index contributed by atoms with van der Waals surface area (Å²) in [6.07, 6.45) is 3.96.